The topological polar surface area (TPSA) is 61.7 Å². The Kier molecular flexibility index (Phi) is 8.26. The van der Waals surface area contributed by atoms with Crippen LogP contribution in [0.1, 0.15) is 32.3 Å². The molecule has 0 radical (unpaired) electrons. The Hall–Kier alpha value is -1.10. The first kappa shape index (κ1) is 17.0. The highest BCUT2D eigenvalue weighted by molar-refractivity contribution is 5.27. The van der Waals surface area contributed by atoms with Crippen LogP contribution >= 0.6 is 0 Å². The Balaban J connectivity index is 2.20. The monoisotopic (exact) mass is 281 g/mol. The SMILES string of the molecule is CCc1ccc(OCC(O)CNC(C)CCCO)cc1. The smallest absolute Gasteiger partial charge is 0.119 e. The molecule has 1 aromatic carbocycles. The second-order valence-corrected chi connectivity index (χ2v) is 5.14. The van der Waals surface area contributed by atoms with Crippen molar-refractivity contribution < 1.29 is 14.9 Å². The molecule has 0 spiro atoms. The van der Waals surface area contributed by atoms with E-state index in [1.54, 1.807) is 0 Å². The summed E-state index contributed by atoms with van der Waals surface area (Å²) in [4.78, 5) is 0. The molecular formula is C16H27NO3. The molecule has 114 valence electrons. The van der Waals surface area contributed by atoms with E-state index in [0.717, 1.165) is 25.0 Å². The highest BCUT2D eigenvalue weighted by atomic mass is 16.5. The third kappa shape index (κ3) is 6.89. The van der Waals surface area contributed by atoms with Gasteiger partial charge in [0.15, 0.2) is 0 Å². The maximum atomic E-state index is 9.85. The zero-order chi connectivity index (χ0) is 14.8. The first-order chi connectivity index (χ1) is 9.65. The third-order valence-electron chi connectivity index (χ3n) is 3.27. The molecule has 0 saturated heterocycles. The van der Waals surface area contributed by atoms with E-state index in [9.17, 15) is 5.11 Å². The number of aliphatic hydroxyl groups is 2. The second kappa shape index (κ2) is 9.75. The molecule has 0 aromatic heterocycles. The highest BCUT2D eigenvalue weighted by Crippen LogP contribution is 2.12. The summed E-state index contributed by atoms with van der Waals surface area (Å²) >= 11 is 0. The number of aryl methyl sites for hydroxylation is 1. The lowest BCUT2D eigenvalue weighted by Gasteiger charge is -2.17. The summed E-state index contributed by atoms with van der Waals surface area (Å²) in [6, 6.07) is 8.24. The third-order valence-corrected chi connectivity index (χ3v) is 3.27. The first-order valence-electron chi connectivity index (χ1n) is 7.39. The summed E-state index contributed by atoms with van der Waals surface area (Å²) < 4.78 is 5.55. The van der Waals surface area contributed by atoms with Gasteiger partial charge in [-0.25, -0.2) is 0 Å². The maximum absolute atomic E-state index is 9.85. The van der Waals surface area contributed by atoms with E-state index < -0.39 is 6.10 Å². The van der Waals surface area contributed by atoms with Crippen molar-refractivity contribution in [2.24, 2.45) is 0 Å². The van der Waals surface area contributed by atoms with Crippen LogP contribution in [0.4, 0.5) is 0 Å². The number of hydrogen-bond donors (Lipinski definition) is 3. The quantitative estimate of drug-likeness (QED) is 0.611. The predicted molar refractivity (Wildman–Crippen MR) is 81.1 cm³/mol. The molecule has 0 heterocycles. The van der Waals surface area contributed by atoms with Crippen LogP contribution in [0.2, 0.25) is 0 Å². The van der Waals surface area contributed by atoms with Crippen LogP contribution in [0.25, 0.3) is 0 Å². The molecule has 4 heteroatoms. The number of nitrogens with one attached hydrogen (secondary N) is 1. The molecule has 0 fully saturated rings. The standard InChI is InChI=1S/C16H27NO3/c1-3-14-6-8-16(9-7-14)20-12-15(19)11-17-13(2)5-4-10-18/h6-9,13,15,17-19H,3-5,10-12H2,1-2H3. The van der Waals surface area contributed by atoms with E-state index in [-0.39, 0.29) is 13.2 Å². The van der Waals surface area contributed by atoms with Crippen LogP contribution < -0.4 is 10.1 Å². The summed E-state index contributed by atoms with van der Waals surface area (Å²) in [7, 11) is 0. The van der Waals surface area contributed by atoms with Gasteiger partial charge in [-0.1, -0.05) is 19.1 Å². The number of ether oxygens (including phenoxy) is 1. The van der Waals surface area contributed by atoms with Gasteiger partial charge in [0.25, 0.3) is 0 Å². The van der Waals surface area contributed by atoms with Gasteiger partial charge in [0, 0.05) is 19.2 Å². The summed E-state index contributed by atoms with van der Waals surface area (Å²) in [5.74, 6) is 0.787. The van der Waals surface area contributed by atoms with Gasteiger partial charge in [0.05, 0.1) is 0 Å². The van der Waals surface area contributed by atoms with Crippen molar-refractivity contribution in [2.45, 2.75) is 45.3 Å². The molecule has 2 atom stereocenters. The summed E-state index contributed by atoms with van der Waals surface area (Å²) in [5.41, 5.74) is 1.28. The lowest BCUT2D eigenvalue weighted by Crippen LogP contribution is -2.36. The minimum Gasteiger partial charge on any atom is -0.491 e. The van der Waals surface area contributed by atoms with Gasteiger partial charge in [-0.2, -0.15) is 0 Å². The van der Waals surface area contributed by atoms with Gasteiger partial charge < -0.3 is 20.3 Å². The fraction of sp³-hybridized carbons (Fsp3) is 0.625. The lowest BCUT2D eigenvalue weighted by atomic mass is 10.2. The normalized spacial score (nSPS) is 14.0. The van der Waals surface area contributed by atoms with Gasteiger partial charge in [0.2, 0.25) is 0 Å². The van der Waals surface area contributed by atoms with Crippen LogP contribution in [0.3, 0.4) is 0 Å². The Morgan fingerprint density at radius 2 is 1.95 bits per heavy atom. The molecule has 1 aromatic rings. The zero-order valence-electron chi connectivity index (χ0n) is 12.5. The average Bonchev–Trinajstić information content (AvgIpc) is 2.49. The molecule has 3 N–H and O–H groups in total. The molecular weight excluding hydrogens is 254 g/mol. The van der Waals surface area contributed by atoms with Crippen LogP contribution in [-0.2, 0) is 6.42 Å². The van der Waals surface area contributed by atoms with E-state index >= 15 is 0 Å². The van der Waals surface area contributed by atoms with Gasteiger partial charge >= 0.3 is 0 Å². The lowest BCUT2D eigenvalue weighted by molar-refractivity contribution is 0.103. The summed E-state index contributed by atoms with van der Waals surface area (Å²) in [5, 5.41) is 21.8. The van der Waals surface area contributed by atoms with Gasteiger partial charge in [-0.3, -0.25) is 0 Å². The molecule has 0 amide bonds. The van der Waals surface area contributed by atoms with Crippen molar-refractivity contribution >= 4 is 0 Å². The fourth-order valence-electron chi connectivity index (χ4n) is 1.91. The minimum atomic E-state index is -0.530. The Labute approximate surface area is 121 Å². The molecule has 2 unspecified atom stereocenters. The fourth-order valence-corrected chi connectivity index (χ4v) is 1.91. The van der Waals surface area contributed by atoms with Crippen LogP contribution in [-0.4, -0.2) is 42.1 Å². The molecule has 0 aliphatic carbocycles. The molecule has 0 aliphatic heterocycles. The van der Waals surface area contributed by atoms with Crippen LogP contribution in [0.15, 0.2) is 24.3 Å². The van der Waals surface area contributed by atoms with Gasteiger partial charge in [0.1, 0.15) is 18.5 Å². The summed E-state index contributed by atoms with van der Waals surface area (Å²) in [6.07, 6.45) is 2.17. The van der Waals surface area contributed by atoms with Gasteiger partial charge in [-0.05, 0) is 43.9 Å². The highest BCUT2D eigenvalue weighted by Gasteiger charge is 2.08. The average molecular weight is 281 g/mol. The van der Waals surface area contributed by atoms with Crippen molar-refractivity contribution in [3.63, 3.8) is 0 Å². The zero-order valence-corrected chi connectivity index (χ0v) is 12.5. The van der Waals surface area contributed by atoms with Crippen molar-refractivity contribution in [2.75, 3.05) is 19.8 Å². The molecule has 4 nitrogen and oxygen atoms in total. The molecule has 20 heavy (non-hydrogen) atoms. The molecule has 0 aliphatic rings. The van der Waals surface area contributed by atoms with E-state index in [4.69, 9.17) is 9.84 Å². The van der Waals surface area contributed by atoms with Gasteiger partial charge in [-0.15, -0.1) is 0 Å². The summed E-state index contributed by atoms with van der Waals surface area (Å²) in [6.45, 7) is 5.16. The van der Waals surface area contributed by atoms with Crippen molar-refractivity contribution in [1.29, 1.82) is 0 Å². The Bertz CT molecular complexity index is 353. The molecule has 0 saturated carbocycles. The number of hydrogen-bond acceptors (Lipinski definition) is 4. The van der Waals surface area contributed by atoms with Crippen LogP contribution in [0, 0.1) is 0 Å². The van der Waals surface area contributed by atoms with E-state index in [0.29, 0.717) is 12.6 Å². The van der Waals surface area contributed by atoms with Crippen molar-refractivity contribution in [3.8, 4) is 5.75 Å². The first-order valence-corrected chi connectivity index (χ1v) is 7.39. The maximum Gasteiger partial charge on any atom is 0.119 e. The minimum absolute atomic E-state index is 0.214. The largest absolute Gasteiger partial charge is 0.491 e. The Morgan fingerprint density at radius 3 is 2.55 bits per heavy atom. The van der Waals surface area contributed by atoms with Crippen molar-refractivity contribution in [3.05, 3.63) is 29.8 Å². The van der Waals surface area contributed by atoms with E-state index in [1.807, 2.05) is 31.2 Å². The Morgan fingerprint density at radius 1 is 1.25 bits per heavy atom. The molecule has 1 rings (SSSR count). The number of rotatable bonds is 10. The number of benzene rings is 1. The second-order valence-electron chi connectivity index (χ2n) is 5.14. The van der Waals surface area contributed by atoms with Crippen molar-refractivity contribution in [1.82, 2.24) is 5.32 Å². The van der Waals surface area contributed by atoms with E-state index in [1.165, 1.54) is 5.56 Å². The van der Waals surface area contributed by atoms with E-state index in [2.05, 4.69) is 12.2 Å². The number of aliphatic hydroxyl groups excluding tert-OH is 2. The molecule has 0 bridgehead atoms. The predicted octanol–water partition coefficient (Wildman–Crippen LogP) is 1.74. The van der Waals surface area contributed by atoms with Crippen LogP contribution in [0.5, 0.6) is 5.75 Å².